The maximum atomic E-state index is 15.6. The van der Waals surface area contributed by atoms with E-state index in [1.54, 1.807) is 46.1 Å². The van der Waals surface area contributed by atoms with E-state index in [-0.39, 0.29) is 61.6 Å². The minimum absolute atomic E-state index is 0.0803. The Balaban J connectivity index is 1.09. The molecule has 6 aromatic carbocycles. The molecule has 3 aliphatic rings. The number of carbonyl (C=O) groups excluding carboxylic acids is 3. The molecular weight excluding hydrogens is 853 g/mol. The molecule has 0 saturated carbocycles. The van der Waals surface area contributed by atoms with Gasteiger partial charge in [-0.3, -0.25) is 29.4 Å². The Morgan fingerprint density at radius 3 is 2.23 bits per heavy atom. The number of anilines is 3. The summed E-state index contributed by atoms with van der Waals surface area (Å²) in [5, 5.41) is 23.6. The van der Waals surface area contributed by atoms with Gasteiger partial charge in [0, 0.05) is 42.4 Å². The van der Waals surface area contributed by atoms with Crippen molar-refractivity contribution in [2.45, 2.75) is 56.8 Å². The smallest absolute Gasteiger partial charge is 0.269 e. The Morgan fingerprint density at radius 2 is 1.53 bits per heavy atom. The predicted molar refractivity (Wildman–Crippen MR) is 253 cm³/mol. The number of hydrogen-bond acceptors (Lipinski definition) is 9. The fraction of sp³-hybridized carbons (Fsp3) is 0.250. The molecule has 0 aliphatic carbocycles. The first kappa shape index (κ1) is 44.1. The molecule has 66 heavy (non-hydrogen) atoms. The van der Waals surface area contributed by atoms with E-state index in [1.165, 1.54) is 12.1 Å². The minimum atomic E-state index is -2.70. The second-order valence-corrected chi connectivity index (χ2v) is 22.3. The molecule has 0 bridgehead atoms. The predicted octanol–water partition coefficient (Wildman–Crippen LogP) is 8.86. The molecule has 0 unspecified atom stereocenters. The number of carbonyl (C=O) groups is 3. The van der Waals surface area contributed by atoms with Crippen LogP contribution in [0.25, 0.3) is 0 Å². The van der Waals surface area contributed by atoms with Gasteiger partial charge in [0.2, 0.25) is 5.91 Å². The molecule has 13 nitrogen and oxygen atoms in total. The van der Waals surface area contributed by atoms with Gasteiger partial charge in [-0.05, 0) is 71.3 Å². The molecule has 1 spiro atoms. The molecule has 0 radical (unpaired) electrons. The first-order valence-electron chi connectivity index (χ1n) is 22.0. The highest BCUT2D eigenvalue weighted by Gasteiger charge is 2.67. The Labute approximate surface area is 383 Å². The van der Waals surface area contributed by atoms with E-state index >= 15 is 4.79 Å². The average Bonchev–Trinajstić information content (AvgIpc) is 3.70. The van der Waals surface area contributed by atoms with Gasteiger partial charge >= 0.3 is 0 Å². The van der Waals surface area contributed by atoms with Gasteiger partial charge in [0.15, 0.2) is 11.4 Å². The van der Waals surface area contributed by atoms with Crippen molar-refractivity contribution < 1.29 is 38.6 Å². The molecule has 14 heteroatoms. The first-order chi connectivity index (χ1) is 31.8. The number of benzene rings is 6. The van der Waals surface area contributed by atoms with Crippen molar-refractivity contribution >= 4 is 53.7 Å². The van der Waals surface area contributed by atoms with Crippen LogP contribution in [0.2, 0.25) is 18.6 Å². The molecule has 3 heterocycles. The van der Waals surface area contributed by atoms with Crippen molar-refractivity contribution in [3.63, 3.8) is 0 Å². The van der Waals surface area contributed by atoms with Crippen molar-refractivity contribution in [3.05, 3.63) is 178 Å². The van der Waals surface area contributed by atoms with Crippen molar-refractivity contribution in [2.75, 3.05) is 30.1 Å². The lowest BCUT2D eigenvalue weighted by Crippen LogP contribution is -2.52. The average molecular weight is 903 g/mol. The summed E-state index contributed by atoms with van der Waals surface area (Å²) < 4.78 is 18.9. The number of amides is 3. The number of aliphatic hydroxyl groups excluding tert-OH is 1. The van der Waals surface area contributed by atoms with E-state index in [2.05, 4.69) is 13.1 Å². The lowest BCUT2D eigenvalue weighted by molar-refractivity contribution is -0.385. The quantitative estimate of drug-likeness (QED) is 0.0681. The van der Waals surface area contributed by atoms with Crippen LogP contribution in [0.1, 0.15) is 40.4 Å². The molecule has 4 atom stereocenters. The molecule has 3 amide bonds. The van der Waals surface area contributed by atoms with Crippen molar-refractivity contribution in [3.8, 4) is 17.2 Å². The Kier molecular flexibility index (Phi) is 11.8. The molecule has 1 N–H and O–H groups in total. The summed E-state index contributed by atoms with van der Waals surface area (Å²) in [5.41, 5.74) is 1.89. The van der Waals surface area contributed by atoms with E-state index in [1.807, 2.05) is 116 Å². The van der Waals surface area contributed by atoms with Gasteiger partial charge in [0.05, 0.1) is 62.7 Å². The SMILES string of the molecule is COc1ccc([Si](C)(C)[C@@H]2[C@@H](CC(=O)N(CCO)Cc3ccccc3)O[C@]3(C(=O)N(Cc4ccc(N5C(=O)c6ccccc6Oc6ccccc65)cc4)c4ccc([N+](=O)[O-])cc43)[C@H]2C)cc1. The molecule has 0 aromatic heterocycles. The third kappa shape index (κ3) is 7.70. The number of aliphatic hydroxyl groups is 1. The minimum Gasteiger partial charge on any atom is -0.497 e. The van der Waals surface area contributed by atoms with Crippen LogP contribution < -0.4 is 24.5 Å². The van der Waals surface area contributed by atoms with Crippen LogP contribution in [0.3, 0.4) is 0 Å². The van der Waals surface area contributed by atoms with Crippen LogP contribution in [0.15, 0.2) is 146 Å². The normalized spacial score (nSPS) is 19.7. The largest absolute Gasteiger partial charge is 0.497 e. The molecule has 1 saturated heterocycles. The number of hydrogen-bond donors (Lipinski definition) is 1. The third-order valence-electron chi connectivity index (χ3n) is 13.5. The number of rotatable bonds is 13. The van der Waals surface area contributed by atoms with Crippen LogP contribution in [-0.4, -0.2) is 67.1 Å². The van der Waals surface area contributed by atoms with Gasteiger partial charge in [-0.1, -0.05) is 104 Å². The standard InChI is InChI=1S/C52H50N4O9Si/c1-34-49(66(3,4)40-25-23-39(63-2)24-26-40)47(31-48(58)53(28-29-57)32-35-12-6-5-7-13-35)65-52(34)42-30-38(56(61)62)22-27-43(42)54(51(52)60)33-36-18-20-37(21-19-36)55-44-15-9-11-17-46(44)64-45-16-10-8-14-41(45)50(55)59/h5-27,30,34,47,49,57H,28-29,31-33H2,1-4H3/t34-,47+,49-,52+/m0/s1. The maximum Gasteiger partial charge on any atom is 0.269 e. The van der Waals surface area contributed by atoms with Crippen LogP contribution >= 0.6 is 0 Å². The van der Waals surface area contributed by atoms with E-state index in [0.29, 0.717) is 45.4 Å². The zero-order chi connectivity index (χ0) is 46.3. The molecule has 9 rings (SSSR count). The van der Waals surface area contributed by atoms with Gasteiger partial charge in [0.1, 0.15) is 11.5 Å². The van der Waals surface area contributed by atoms with E-state index in [0.717, 1.165) is 16.3 Å². The number of nitro benzene ring substituents is 1. The summed E-state index contributed by atoms with van der Waals surface area (Å²) in [6, 6.07) is 43.7. The van der Waals surface area contributed by atoms with Crippen molar-refractivity contribution in [2.24, 2.45) is 5.92 Å². The lowest BCUT2D eigenvalue weighted by Gasteiger charge is -2.37. The summed E-state index contributed by atoms with van der Waals surface area (Å²) in [6.45, 7) is 6.61. The number of fused-ring (bicyclic) bond motifs is 4. The maximum absolute atomic E-state index is 15.6. The summed E-state index contributed by atoms with van der Waals surface area (Å²) in [5.74, 6) is 0.255. The molecule has 1 fully saturated rings. The number of ether oxygens (including phenoxy) is 3. The molecular formula is C52H50N4O9Si. The topological polar surface area (TPSA) is 152 Å². The fourth-order valence-electron chi connectivity index (χ4n) is 10.3. The van der Waals surface area contributed by atoms with E-state index < -0.39 is 30.6 Å². The Morgan fingerprint density at radius 1 is 0.848 bits per heavy atom. The second kappa shape index (κ2) is 17.7. The van der Waals surface area contributed by atoms with Crippen LogP contribution in [0, 0.1) is 16.0 Å². The molecule has 6 aromatic rings. The number of nitrogens with zero attached hydrogens (tertiary/aromatic N) is 4. The van der Waals surface area contributed by atoms with Gasteiger partial charge < -0.3 is 29.1 Å². The van der Waals surface area contributed by atoms with Gasteiger partial charge in [-0.15, -0.1) is 0 Å². The summed E-state index contributed by atoms with van der Waals surface area (Å²) in [4.78, 5) is 61.0. The Hall–Kier alpha value is -7.13. The van der Waals surface area contributed by atoms with E-state index in [9.17, 15) is 24.8 Å². The van der Waals surface area contributed by atoms with Gasteiger partial charge in [-0.25, -0.2) is 0 Å². The van der Waals surface area contributed by atoms with Crippen LogP contribution in [0.4, 0.5) is 22.7 Å². The van der Waals surface area contributed by atoms with Gasteiger partial charge in [0.25, 0.3) is 17.5 Å². The molecule has 3 aliphatic heterocycles. The zero-order valence-corrected chi connectivity index (χ0v) is 38.1. The number of methoxy groups -OCH3 is 1. The van der Waals surface area contributed by atoms with Gasteiger partial charge in [-0.2, -0.15) is 0 Å². The number of para-hydroxylation sites is 3. The van der Waals surface area contributed by atoms with Crippen LogP contribution in [0.5, 0.6) is 17.2 Å². The zero-order valence-electron chi connectivity index (χ0n) is 37.1. The van der Waals surface area contributed by atoms with Crippen molar-refractivity contribution in [1.82, 2.24) is 4.90 Å². The highest BCUT2D eigenvalue weighted by Crippen LogP contribution is 2.60. The highest BCUT2D eigenvalue weighted by molar-refractivity contribution is 6.91. The molecule has 336 valence electrons. The monoisotopic (exact) mass is 902 g/mol. The third-order valence-corrected chi connectivity index (χ3v) is 17.9. The number of nitro groups is 1. The van der Waals surface area contributed by atoms with E-state index in [4.69, 9.17) is 14.2 Å². The summed E-state index contributed by atoms with van der Waals surface area (Å²) in [7, 11) is -1.10. The highest BCUT2D eigenvalue weighted by atomic mass is 28.3. The van der Waals surface area contributed by atoms with Crippen molar-refractivity contribution in [1.29, 1.82) is 0 Å². The summed E-state index contributed by atoms with van der Waals surface area (Å²) >= 11 is 0. The second-order valence-electron chi connectivity index (χ2n) is 17.6. The lowest BCUT2D eigenvalue weighted by atomic mass is 9.82. The first-order valence-corrected chi connectivity index (χ1v) is 25.1. The Bertz CT molecular complexity index is 2820. The number of non-ortho nitro benzene ring substituents is 1. The fourth-order valence-corrected chi connectivity index (χ4v) is 14.3. The summed E-state index contributed by atoms with van der Waals surface area (Å²) in [6.07, 6.45) is -0.852. The van der Waals surface area contributed by atoms with Crippen LogP contribution in [-0.2, 0) is 33.0 Å².